The molecule has 0 bridgehead atoms. The van der Waals surface area contributed by atoms with Gasteiger partial charge in [0, 0.05) is 51.8 Å². The van der Waals surface area contributed by atoms with Crippen LogP contribution in [0.1, 0.15) is 36.3 Å². The van der Waals surface area contributed by atoms with Crippen LogP contribution in [-0.4, -0.2) is 83.8 Å². The molecule has 0 radical (unpaired) electrons. The Morgan fingerprint density at radius 3 is 2.41 bits per heavy atom. The van der Waals surface area contributed by atoms with Gasteiger partial charge in [0.15, 0.2) is 0 Å². The first-order valence-electron chi connectivity index (χ1n) is 12.5. The molecule has 200 valence electrons. The number of likely N-dealkylation sites (N-methyl/N-ethyl adjacent to an activating group) is 1. The van der Waals surface area contributed by atoms with E-state index in [1.807, 2.05) is 14.0 Å². The standard InChI is InChI=1S/C26H35FN6O4/c1-4-23(34)30-21(26(37)33-13-11-31(3)12-14-33)16-18-8-9-20(19(27)15-18)29-24(35)17-28-25(36)22-7-6-10-32(22)5-2/h6-10,15,21H,4-5,11-14,16-17H2,1-3H3,(H,28,36)(H,29,35)(H,30,34). The molecule has 2 heterocycles. The summed E-state index contributed by atoms with van der Waals surface area (Å²) in [6.07, 6.45) is 2.12. The highest BCUT2D eigenvalue weighted by Crippen LogP contribution is 2.18. The number of aryl methyl sites for hydroxylation is 1. The number of anilines is 1. The lowest BCUT2D eigenvalue weighted by Gasteiger charge is -2.34. The number of nitrogens with one attached hydrogen (secondary N) is 3. The monoisotopic (exact) mass is 514 g/mol. The lowest BCUT2D eigenvalue weighted by Crippen LogP contribution is -2.54. The molecule has 3 rings (SSSR count). The lowest BCUT2D eigenvalue weighted by atomic mass is 10.0. The molecule has 0 saturated carbocycles. The zero-order valence-corrected chi connectivity index (χ0v) is 21.6. The van der Waals surface area contributed by atoms with Gasteiger partial charge in [0.05, 0.1) is 12.2 Å². The molecular weight excluding hydrogens is 479 g/mol. The predicted molar refractivity (Wildman–Crippen MR) is 137 cm³/mol. The maximum atomic E-state index is 14.8. The average molecular weight is 515 g/mol. The van der Waals surface area contributed by atoms with Gasteiger partial charge in [0.1, 0.15) is 17.6 Å². The Morgan fingerprint density at radius 1 is 1.03 bits per heavy atom. The Kier molecular flexibility index (Phi) is 9.78. The van der Waals surface area contributed by atoms with Crippen molar-refractivity contribution in [3.05, 3.63) is 53.6 Å². The van der Waals surface area contributed by atoms with Gasteiger partial charge in [-0.1, -0.05) is 13.0 Å². The summed E-state index contributed by atoms with van der Waals surface area (Å²) in [4.78, 5) is 53.6. The molecular formula is C26H35FN6O4. The molecule has 2 aromatic rings. The first kappa shape index (κ1) is 27.9. The summed E-state index contributed by atoms with van der Waals surface area (Å²) in [5, 5.41) is 7.74. The maximum Gasteiger partial charge on any atom is 0.268 e. The van der Waals surface area contributed by atoms with Crippen molar-refractivity contribution in [2.75, 3.05) is 45.1 Å². The SMILES string of the molecule is CCC(=O)NC(Cc1ccc(NC(=O)CNC(=O)c2cccn2CC)c(F)c1)C(=O)N1CCN(C)CC1. The van der Waals surface area contributed by atoms with E-state index in [1.54, 1.807) is 40.8 Å². The third-order valence-electron chi connectivity index (χ3n) is 6.33. The Bertz CT molecular complexity index is 1130. The molecule has 1 atom stereocenters. The molecule has 1 aromatic carbocycles. The van der Waals surface area contributed by atoms with Gasteiger partial charge < -0.3 is 30.3 Å². The molecule has 37 heavy (non-hydrogen) atoms. The van der Waals surface area contributed by atoms with E-state index in [4.69, 9.17) is 0 Å². The fourth-order valence-electron chi connectivity index (χ4n) is 4.11. The number of piperazine rings is 1. The largest absolute Gasteiger partial charge is 0.344 e. The van der Waals surface area contributed by atoms with E-state index in [-0.39, 0.29) is 36.9 Å². The summed E-state index contributed by atoms with van der Waals surface area (Å²) >= 11 is 0. The second kappa shape index (κ2) is 13.0. The van der Waals surface area contributed by atoms with E-state index in [0.717, 1.165) is 13.1 Å². The molecule has 1 saturated heterocycles. The number of rotatable bonds is 10. The van der Waals surface area contributed by atoms with E-state index in [0.29, 0.717) is 30.9 Å². The van der Waals surface area contributed by atoms with Crippen LogP contribution in [0.3, 0.4) is 0 Å². The highest BCUT2D eigenvalue weighted by atomic mass is 19.1. The van der Waals surface area contributed by atoms with E-state index < -0.39 is 23.7 Å². The highest BCUT2D eigenvalue weighted by molar-refractivity contribution is 5.98. The second-order valence-corrected chi connectivity index (χ2v) is 9.03. The molecule has 11 heteroatoms. The van der Waals surface area contributed by atoms with Crippen molar-refractivity contribution in [3.8, 4) is 0 Å². The number of hydrogen-bond acceptors (Lipinski definition) is 5. The first-order valence-corrected chi connectivity index (χ1v) is 12.5. The zero-order chi connectivity index (χ0) is 26.9. The van der Waals surface area contributed by atoms with Crippen molar-refractivity contribution in [1.29, 1.82) is 0 Å². The van der Waals surface area contributed by atoms with Gasteiger partial charge in [-0.25, -0.2) is 4.39 Å². The summed E-state index contributed by atoms with van der Waals surface area (Å²) in [6.45, 7) is 6.51. The molecule has 1 aliphatic rings. The van der Waals surface area contributed by atoms with Gasteiger partial charge >= 0.3 is 0 Å². The maximum absolute atomic E-state index is 14.8. The van der Waals surface area contributed by atoms with Gasteiger partial charge in [0.2, 0.25) is 17.7 Å². The van der Waals surface area contributed by atoms with Crippen LogP contribution in [-0.2, 0) is 27.3 Å². The second-order valence-electron chi connectivity index (χ2n) is 9.03. The molecule has 3 N–H and O–H groups in total. The minimum atomic E-state index is -0.812. The van der Waals surface area contributed by atoms with Crippen molar-refractivity contribution < 1.29 is 23.6 Å². The smallest absolute Gasteiger partial charge is 0.268 e. The predicted octanol–water partition coefficient (Wildman–Crippen LogP) is 1.23. The van der Waals surface area contributed by atoms with Gasteiger partial charge in [-0.2, -0.15) is 0 Å². The number of carbonyl (C=O) groups excluding carboxylic acids is 4. The lowest BCUT2D eigenvalue weighted by molar-refractivity contribution is -0.137. The Morgan fingerprint density at radius 2 is 1.76 bits per heavy atom. The van der Waals surface area contributed by atoms with Crippen LogP contribution in [0, 0.1) is 5.82 Å². The number of hydrogen-bond donors (Lipinski definition) is 3. The number of nitrogens with zero attached hydrogens (tertiary/aromatic N) is 3. The van der Waals surface area contributed by atoms with Crippen molar-refractivity contribution >= 4 is 29.3 Å². The average Bonchev–Trinajstić information content (AvgIpc) is 3.37. The van der Waals surface area contributed by atoms with E-state index in [1.165, 1.54) is 12.1 Å². The number of aromatic nitrogens is 1. The minimum Gasteiger partial charge on any atom is -0.344 e. The van der Waals surface area contributed by atoms with Crippen molar-refractivity contribution in [3.63, 3.8) is 0 Å². The van der Waals surface area contributed by atoms with E-state index in [2.05, 4.69) is 20.9 Å². The van der Waals surface area contributed by atoms with Gasteiger partial charge in [-0.05, 0) is 43.8 Å². The molecule has 4 amide bonds. The minimum absolute atomic E-state index is 0.0422. The summed E-state index contributed by atoms with van der Waals surface area (Å²) in [5.41, 5.74) is 0.897. The summed E-state index contributed by atoms with van der Waals surface area (Å²) < 4.78 is 16.6. The summed E-state index contributed by atoms with van der Waals surface area (Å²) in [5.74, 6) is -2.11. The van der Waals surface area contributed by atoms with E-state index >= 15 is 0 Å². The Labute approximate surface area is 216 Å². The molecule has 1 fully saturated rings. The number of benzene rings is 1. The van der Waals surface area contributed by atoms with Crippen molar-refractivity contribution in [2.24, 2.45) is 0 Å². The number of halogens is 1. The fraction of sp³-hybridized carbons (Fsp3) is 0.462. The molecule has 0 aliphatic carbocycles. The zero-order valence-electron chi connectivity index (χ0n) is 21.6. The van der Waals surface area contributed by atoms with Crippen LogP contribution in [0.4, 0.5) is 10.1 Å². The van der Waals surface area contributed by atoms with Crippen LogP contribution in [0.5, 0.6) is 0 Å². The fourth-order valence-corrected chi connectivity index (χ4v) is 4.11. The highest BCUT2D eigenvalue weighted by Gasteiger charge is 2.28. The quantitative estimate of drug-likeness (QED) is 0.441. The van der Waals surface area contributed by atoms with Gasteiger partial charge in [-0.3, -0.25) is 19.2 Å². The van der Waals surface area contributed by atoms with E-state index in [9.17, 15) is 23.6 Å². The van der Waals surface area contributed by atoms with Crippen LogP contribution >= 0.6 is 0 Å². The third kappa shape index (κ3) is 7.63. The van der Waals surface area contributed by atoms with Crippen LogP contribution < -0.4 is 16.0 Å². The van der Waals surface area contributed by atoms with Crippen LogP contribution in [0.15, 0.2) is 36.5 Å². The van der Waals surface area contributed by atoms with Crippen molar-refractivity contribution in [2.45, 2.75) is 39.3 Å². The summed E-state index contributed by atoms with van der Waals surface area (Å²) in [7, 11) is 1.99. The van der Waals surface area contributed by atoms with Gasteiger partial charge in [-0.15, -0.1) is 0 Å². The Balaban J connectivity index is 1.60. The van der Waals surface area contributed by atoms with Crippen molar-refractivity contribution in [1.82, 2.24) is 25.0 Å². The number of amides is 4. The van der Waals surface area contributed by atoms with Crippen LogP contribution in [0.2, 0.25) is 0 Å². The summed E-state index contributed by atoms with van der Waals surface area (Å²) in [6, 6.07) is 6.84. The Hall–Kier alpha value is -3.73. The molecule has 10 nitrogen and oxygen atoms in total. The topological polar surface area (TPSA) is 116 Å². The molecule has 0 spiro atoms. The van der Waals surface area contributed by atoms with Gasteiger partial charge in [0.25, 0.3) is 5.91 Å². The molecule has 1 unspecified atom stereocenters. The van der Waals surface area contributed by atoms with Crippen LogP contribution in [0.25, 0.3) is 0 Å². The molecule has 1 aromatic heterocycles. The normalized spacial score (nSPS) is 14.6. The molecule has 1 aliphatic heterocycles. The third-order valence-corrected chi connectivity index (χ3v) is 6.33. The first-order chi connectivity index (χ1) is 17.7. The number of carbonyl (C=O) groups is 4.